The van der Waals surface area contributed by atoms with E-state index < -0.39 is 0 Å². The number of carbonyl (C=O) groups is 2. The number of rotatable bonds is 15. The molecular formula is C29H42N2O5S. The molecule has 0 saturated heterocycles. The molecule has 8 heteroatoms. The normalized spacial score (nSPS) is 13.8. The van der Waals surface area contributed by atoms with Crippen molar-refractivity contribution in [2.45, 2.75) is 58.4 Å². The molecule has 37 heavy (non-hydrogen) atoms. The highest BCUT2D eigenvalue weighted by Crippen LogP contribution is 2.28. The first-order chi connectivity index (χ1) is 18.0. The second-order valence-corrected chi connectivity index (χ2v) is 10.5. The number of amides is 2. The van der Waals surface area contributed by atoms with Gasteiger partial charge < -0.3 is 24.0 Å². The zero-order chi connectivity index (χ0) is 26.5. The minimum atomic E-state index is -0.0190. The van der Waals surface area contributed by atoms with Crippen LogP contribution in [0.3, 0.4) is 0 Å². The monoisotopic (exact) mass is 530 g/mol. The molecule has 2 aromatic rings. The lowest BCUT2D eigenvalue weighted by atomic mass is 9.88. The number of carbonyl (C=O) groups excluding carboxylic acids is 2. The Labute approximate surface area is 225 Å². The number of hydrogen-bond donors (Lipinski definition) is 0. The van der Waals surface area contributed by atoms with Gasteiger partial charge in [-0.1, -0.05) is 31.4 Å². The first kappa shape index (κ1) is 29.0. The van der Waals surface area contributed by atoms with E-state index in [0.717, 1.165) is 42.5 Å². The highest BCUT2D eigenvalue weighted by atomic mass is 32.1. The number of benzene rings is 1. The average molecular weight is 531 g/mol. The van der Waals surface area contributed by atoms with Gasteiger partial charge in [-0.3, -0.25) is 9.59 Å². The Morgan fingerprint density at radius 3 is 2.46 bits per heavy atom. The van der Waals surface area contributed by atoms with Gasteiger partial charge in [-0.05, 0) is 61.7 Å². The van der Waals surface area contributed by atoms with Crippen molar-refractivity contribution in [3.05, 3.63) is 46.2 Å². The van der Waals surface area contributed by atoms with E-state index in [4.69, 9.17) is 14.2 Å². The summed E-state index contributed by atoms with van der Waals surface area (Å²) in [6.45, 7) is 4.96. The number of nitrogens with zero attached hydrogens (tertiary/aromatic N) is 2. The predicted octanol–water partition coefficient (Wildman–Crippen LogP) is 5.17. The summed E-state index contributed by atoms with van der Waals surface area (Å²) >= 11 is 1.64. The lowest BCUT2D eigenvalue weighted by molar-refractivity contribution is -0.144. The van der Waals surface area contributed by atoms with E-state index in [-0.39, 0.29) is 24.3 Å². The fraction of sp³-hybridized carbons (Fsp3) is 0.586. The van der Waals surface area contributed by atoms with Crippen molar-refractivity contribution >= 4 is 23.2 Å². The van der Waals surface area contributed by atoms with Crippen LogP contribution in [-0.4, -0.2) is 68.7 Å². The molecule has 204 valence electrons. The number of methoxy groups -OCH3 is 2. The summed E-state index contributed by atoms with van der Waals surface area (Å²) in [5.74, 6) is 1.50. The lowest BCUT2D eigenvalue weighted by Crippen LogP contribution is -2.46. The molecular weight excluding hydrogens is 488 g/mol. The largest absolute Gasteiger partial charge is 0.493 e. The summed E-state index contributed by atoms with van der Waals surface area (Å²) in [7, 11) is 3.24. The summed E-state index contributed by atoms with van der Waals surface area (Å²) in [4.78, 5) is 31.9. The molecule has 1 saturated carbocycles. The Hall–Kier alpha value is -2.58. The highest BCUT2D eigenvalue weighted by molar-refractivity contribution is 7.09. The second-order valence-electron chi connectivity index (χ2n) is 9.48. The van der Waals surface area contributed by atoms with Gasteiger partial charge in [-0.25, -0.2) is 0 Å². The van der Waals surface area contributed by atoms with E-state index in [9.17, 15) is 9.59 Å². The number of ether oxygens (including phenoxy) is 3. The molecule has 0 spiro atoms. The molecule has 7 nitrogen and oxygen atoms in total. The molecule has 1 aromatic heterocycles. The molecule has 0 radical (unpaired) electrons. The predicted molar refractivity (Wildman–Crippen MR) is 147 cm³/mol. The smallest absolute Gasteiger partial charge is 0.242 e. The van der Waals surface area contributed by atoms with Crippen LogP contribution < -0.4 is 9.47 Å². The van der Waals surface area contributed by atoms with Crippen LogP contribution in [-0.2, 0) is 27.3 Å². The molecule has 1 aliphatic carbocycles. The van der Waals surface area contributed by atoms with Gasteiger partial charge in [-0.2, -0.15) is 0 Å². The highest BCUT2D eigenvalue weighted by Gasteiger charge is 2.28. The molecule has 0 atom stereocenters. The zero-order valence-corrected chi connectivity index (χ0v) is 23.4. The van der Waals surface area contributed by atoms with E-state index >= 15 is 0 Å². The molecule has 0 bridgehead atoms. The molecule has 2 amide bonds. The molecule has 1 aromatic carbocycles. The molecule has 0 N–H and O–H groups in total. The van der Waals surface area contributed by atoms with E-state index in [1.807, 2.05) is 47.5 Å². The van der Waals surface area contributed by atoms with Crippen molar-refractivity contribution in [2.24, 2.45) is 5.92 Å². The number of hydrogen-bond acceptors (Lipinski definition) is 6. The molecule has 1 aliphatic rings. The van der Waals surface area contributed by atoms with Gasteiger partial charge in [0, 0.05) is 37.1 Å². The van der Waals surface area contributed by atoms with E-state index in [1.54, 1.807) is 30.5 Å². The third-order valence-electron chi connectivity index (χ3n) is 6.91. The summed E-state index contributed by atoms with van der Waals surface area (Å²) in [5, 5.41) is 2.03. The second kappa shape index (κ2) is 15.6. The summed E-state index contributed by atoms with van der Waals surface area (Å²) < 4.78 is 16.3. The van der Waals surface area contributed by atoms with Gasteiger partial charge in [0.2, 0.25) is 11.8 Å². The Morgan fingerprint density at radius 1 is 1.00 bits per heavy atom. The third-order valence-corrected chi connectivity index (χ3v) is 7.77. The van der Waals surface area contributed by atoms with Crippen LogP contribution in [0.5, 0.6) is 11.5 Å². The first-order valence-electron chi connectivity index (χ1n) is 13.4. The zero-order valence-electron chi connectivity index (χ0n) is 22.6. The summed E-state index contributed by atoms with van der Waals surface area (Å²) in [5.41, 5.74) is 1.06. The summed E-state index contributed by atoms with van der Waals surface area (Å²) in [6, 6.07) is 9.90. The minimum absolute atomic E-state index is 0.0190. The van der Waals surface area contributed by atoms with Crippen molar-refractivity contribution in [2.75, 3.05) is 47.1 Å². The van der Waals surface area contributed by atoms with Crippen molar-refractivity contribution in [1.82, 2.24) is 9.80 Å². The Bertz CT molecular complexity index is 959. The fourth-order valence-corrected chi connectivity index (χ4v) is 5.54. The standard InChI is InChI=1S/C29H42N2O5S/c1-4-36-18-9-16-31(29(33)24-10-6-5-7-11-24)22-28(32)30(21-25-12-8-19-37-25)17-15-23-13-14-26(34-2)27(20-23)35-3/h8,12-14,19-20,24H,4-7,9-11,15-18,21-22H2,1-3H3. The van der Waals surface area contributed by atoms with Crippen LogP contribution in [0.1, 0.15) is 55.9 Å². The molecule has 1 fully saturated rings. The SMILES string of the molecule is CCOCCCN(CC(=O)N(CCc1ccc(OC)c(OC)c1)Cc1cccs1)C(=O)C1CCCCC1. The molecule has 0 unspecified atom stereocenters. The first-order valence-corrected chi connectivity index (χ1v) is 14.3. The quantitative estimate of drug-likeness (QED) is 0.297. The van der Waals surface area contributed by atoms with Crippen molar-refractivity contribution in [1.29, 1.82) is 0 Å². The fourth-order valence-electron chi connectivity index (χ4n) is 4.82. The minimum Gasteiger partial charge on any atom is -0.493 e. The molecule has 0 aliphatic heterocycles. The van der Waals surface area contributed by atoms with Crippen molar-refractivity contribution < 1.29 is 23.8 Å². The number of thiophene rings is 1. The van der Waals surface area contributed by atoms with Crippen LogP contribution in [0, 0.1) is 5.92 Å². The van der Waals surface area contributed by atoms with Gasteiger partial charge in [0.15, 0.2) is 11.5 Å². The van der Waals surface area contributed by atoms with E-state index in [2.05, 4.69) is 0 Å². The molecule has 3 rings (SSSR count). The molecule has 1 heterocycles. The Balaban J connectivity index is 1.71. The summed E-state index contributed by atoms with van der Waals surface area (Å²) in [6.07, 6.45) is 6.63. The van der Waals surface area contributed by atoms with Crippen LogP contribution in [0.15, 0.2) is 35.7 Å². The van der Waals surface area contributed by atoms with Gasteiger partial charge in [-0.15, -0.1) is 11.3 Å². The van der Waals surface area contributed by atoms with Crippen LogP contribution in [0.4, 0.5) is 0 Å². The van der Waals surface area contributed by atoms with Gasteiger partial charge >= 0.3 is 0 Å². The lowest BCUT2D eigenvalue weighted by Gasteiger charge is -2.31. The third kappa shape index (κ3) is 9.04. The van der Waals surface area contributed by atoms with Crippen molar-refractivity contribution in [3.8, 4) is 11.5 Å². The van der Waals surface area contributed by atoms with Gasteiger partial charge in [0.1, 0.15) is 0 Å². The van der Waals surface area contributed by atoms with E-state index in [1.165, 1.54) is 6.42 Å². The maximum atomic E-state index is 13.7. The Morgan fingerprint density at radius 2 is 1.78 bits per heavy atom. The maximum absolute atomic E-state index is 13.7. The van der Waals surface area contributed by atoms with E-state index in [0.29, 0.717) is 50.8 Å². The van der Waals surface area contributed by atoms with Crippen LogP contribution in [0.25, 0.3) is 0 Å². The average Bonchev–Trinajstić information content (AvgIpc) is 3.45. The topological polar surface area (TPSA) is 68.3 Å². The van der Waals surface area contributed by atoms with Gasteiger partial charge in [0.05, 0.1) is 27.3 Å². The van der Waals surface area contributed by atoms with Crippen molar-refractivity contribution in [3.63, 3.8) is 0 Å². The van der Waals surface area contributed by atoms with Crippen LogP contribution >= 0.6 is 11.3 Å². The van der Waals surface area contributed by atoms with Crippen LogP contribution in [0.2, 0.25) is 0 Å². The Kier molecular flexibility index (Phi) is 12.2. The maximum Gasteiger partial charge on any atom is 0.242 e. The van der Waals surface area contributed by atoms with Gasteiger partial charge in [0.25, 0.3) is 0 Å².